The van der Waals surface area contributed by atoms with Gasteiger partial charge in [0.2, 0.25) is 0 Å². The van der Waals surface area contributed by atoms with Crippen LogP contribution in [-0.4, -0.2) is 14.9 Å². The lowest BCUT2D eigenvalue weighted by molar-refractivity contribution is -0.142. The lowest BCUT2D eigenvalue weighted by atomic mass is 10.00. The Morgan fingerprint density at radius 3 is 2.41 bits per heavy atom. The van der Waals surface area contributed by atoms with Crippen molar-refractivity contribution in [1.82, 2.24) is 14.9 Å². The van der Waals surface area contributed by atoms with Gasteiger partial charge in [0.05, 0.1) is 39.9 Å². The van der Waals surface area contributed by atoms with Crippen molar-refractivity contribution in [2.75, 3.05) is 0 Å². The molecule has 0 spiro atoms. The molecule has 0 saturated carbocycles. The Kier molecular flexibility index (Phi) is 5.24. The van der Waals surface area contributed by atoms with Gasteiger partial charge in [-0.25, -0.2) is 13.5 Å². The van der Waals surface area contributed by atoms with Gasteiger partial charge in [-0.1, -0.05) is 28.9 Å². The van der Waals surface area contributed by atoms with E-state index >= 15 is 0 Å². The first-order valence-electron chi connectivity index (χ1n) is 9.65. The Labute approximate surface area is 193 Å². The van der Waals surface area contributed by atoms with Crippen molar-refractivity contribution in [2.24, 2.45) is 0 Å². The molecule has 5 aromatic rings. The SMILES string of the molecule is Fc1cccc(-n2ncc(-c3onc(-c4c(F)cccc4Cl)c3-c3ccco3)c2C(F)(F)F)c1. The van der Waals surface area contributed by atoms with Gasteiger partial charge in [0, 0.05) is 0 Å². The van der Waals surface area contributed by atoms with Crippen LogP contribution in [0.1, 0.15) is 5.69 Å². The largest absolute Gasteiger partial charge is 0.464 e. The van der Waals surface area contributed by atoms with Crippen molar-refractivity contribution in [2.45, 2.75) is 6.18 Å². The number of nitrogens with zero attached hydrogens (tertiary/aromatic N) is 3. The van der Waals surface area contributed by atoms with E-state index in [2.05, 4.69) is 10.3 Å². The van der Waals surface area contributed by atoms with Gasteiger partial charge in [-0.05, 0) is 42.5 Å². The molecule has 0 N–H and O–H groups in total. The van der Waals surface area contributed by atoms with Crippen LogP contribution in [0.5, 0.6) is 0 Å². The summed E-state index contributed by atoms with van der Waals surface area (Å²) in [6.45, 7) is 0. The number of furan rings is 1. The maximum Gasteiger partial charge on any atom is 0.434 e. The predicted octanol–water partition coefficient (Wildman–Crippen LogP) is 7.40. The Hall–Kier alpha value is -3.92. The zero-order chi connectivity index (χ0) is 24.0. The summed E-state index contributed by atoms with van der Waals surface area (Å²) in [5, 5.41) is 7.63. The molecule has 0 unspecified atom stereocenters. The third kappa shape index (κ3) is 3.65. The van der Waals surface area contributed by atoms with Crippen LogP contribution < -0.4 is 0 Å². The van der Waals surface area contributed by atoms with Crippen LogP contribution in [0.3, 0.4) is 0 Å². The molecular formula is C23H11ClF5N3O2. The third-order valence-corrected chi connectivity index (χ3v) is 5.31. The fourth-order valence-corrected chi connectivity index (χ4v) is 3.86. The molecule has 172 valence electrons. The highest BCUT2D eigenvalue weighted by molar-refractivity contribution is 6.33. The summed E-state index contributed by atoms with van der Waals surface area (Å²) in [4.78, 5) is 0. The van der Waals surface area contributed by atoms with Crippen molar-refractivity contribution in [1.29, 1.82) is 0 Å². The van der Waals surface area contributed by atoms with Crippen LogP contribution in [-0.2, 0) is 6.18 Å². The molecule has 5 nitrogen and oxygen atoms in total. The van der Waals surface area contributed by atoms with E-state index in [9.17, 15) is 22.0 Å². The summed E-state index contributed by atoms with van der Waals surface area (Å²) in [5.74, 6) is -1.81. The summed E-state index contributed by atoms with van der Waals surface area (Å²) in [6, 6.07) is 11.4. The highest BCUT2D eigenvalue weighted by Gasteiger charge is 2.41. The number of benzene rings is 2. The van der Waals surface area contributed by atoms with E-state index in [1.807, 2.05) is 0 Å². The highest BCUT2D eigenvalue weighted by Crippen LogP contribution is 2.46. The first-order chi connectivity index (χ1) is 16.3. The number of aromatic nitrogens is 3. The zero-order valence-corrected chi connectivity index (χ0v) is 17.5. The normalized spacial score (nSPS) is 11.8. The van der Waals surface area contributed by atoms with Crippen molar-refractivity contribution < 1.29 is 30.9 Å². The van der Waals surface area contributed by atoms with Crippen molar-refractivity contribution in [3.05, 3.63) is 89.4 Å². The average molecular weight is 492 g/mol. The molecule has 0 aliphatic rings. The summed E-state index contributed by atoms with van der Waals surface area (Å²) in [5.41, 5.74) is -2.28. The first kappa shape index (κ1) is 21.9. The summed E-state index contributed by atoms with van der Waals surface area (Å²) < 4.78 is 82.3. The second-order valence-corrected chi connectivity index (χ2v) is 7.51. The van der Waals surface area contributed by atoms with E-state index in [0.29, 0.717) is 4.68 Å². The van der Waals surface area contributed by atoms with Crippen molar-refractivity contribution >= 4 is 11.6 Å². The Balaban J connectivity index is 1.80. The van der Waals surface area contributed by atoms with E-state index < -0.39 is 29.1 Å². The standard InChI is InChI=1S/C23H11ClF5N3O2/c24-15-6-2-7-16(26)18(15)20-19(17-8-3-9-33-17)21(34-31-20)14-11-30-32(22(14)23(27,28)29)13-5-1-4-12(25)10-13/h1-11H. The van der Waals surface area contributed by atoms with Gasteiger partial charge in [-0.3, -0.25) is 0 Å². The number of hydrogen-bond donors (Lipinski definition) is 0. The third-order valence-electron chi connectivity index (χ3n) is 4.99. The molecule has 0 saturated heterocycles. The topological polar surface area (TPSA) is 57.0 Å². The fraction of sp³-hybridized carbons (Fsp3) is 0.0435. The molecule has 0 fully saturated rings. The van der Waals surface area contributed by atoms with E-state index in [1.165, 1.54) is 42.7 Å². The van der Waals surface area contributed by atoms with Gasteiger partial charge >= 0.3 is 6.18 Å². The minimum atomic E-state index is -4.93. The van der Waals surface area contributed by atoms with Gasteiger partial charge in [0.25, 0.3) is 0 Å². The van der Waals surface area contributed by atoms with Gasteiger partial charge < -0.3 is 8.94 Å². The quantitative estimate of drug-likeness (QED) is 0.246. The monoisotopic (exact) mass is 491 g/mol. The molecule has 0 bridgehead atoms. The van der Waals surface area contributed by atoms with Crippen molar-refractivity contribution in [3.8, 4) is 39.6 Å². The average Bonchev–Trinajstić information content (AvgIpc) is 3.52. The van der Waals surface area contributed by atoms with E-state index in [0.717, 1.165) is 24.4 Å². The van der Waals surface area contributed by atoms with Crippen LogP contribution in [0.2, 0.25) is 5.02 Å². The lowest BCUT2D eigenvalue weighted by Crippen LogP contribution is -2.14. The van der Waals surface area contributed by atoms with Crippen LogP contribution in [0.15, 0.2) is 76.0 Å². The van der Waals surface area contributed by atoms with E-state index in [4.69, 9.17) is 20.5 Å². The summed E-state index contributed by atoms with van der Waals surface area (Å²) >= 11 is 6.17. The number of alkyl halides is 3. The number of halogens is 6. The van der Waals surface area contributed by atoms with Gasteiger partial charge in [0.15, 0.2) is 11.5 Å². The fourth-order valence-electron chi connectivity index (χ4n) is 3.61. The molecule has 3 heterocycles. The Morgan fingerprint density at radius 1 is 0.941 bits per heavy atom. The molecule has 0 radical (unpaired) electrons. The maximum absolute atomic E-state index is 14.7. The smallest absolute Gasteiger partial charge is 0.434 e. The second kappa shape index (κ2) is 8.14. The highest BCUT2D eigenvalue weighted by atomic mass is 35.5. The van der Waals surface area contributed by atoms with Crippen LogP contribution in [0.4, 0.5) is 22.0 Å². The lowest BCUT2D eigenvalue weighted by Gasteiger charge is -2.12. The maximum atomic E-state index is 14.7. The molecule has 11 heteroatoms. The molecule has 3 aromatic heterocycles. The van der Waals surface area contributed by atoms with Crippen LogP contribution in [0, 0.1) is 11.6 Å². The molecule has 0 aliphatic carbocycles. The van der Waals surface area contributed by atoms with Crippen molar-refractivity contribution in [3.63, 3.8) is 0 Å². The molecule has 34 heavy (non-hydrogen) atoms. The summed E-state index contributed by atoms with van der Waals surface area (Å²) in [7, 11) is 0. The molecule has 2 aromatic carbocycles. The number of rotatable bonds is 4. The predicted molar refractivity (Wildman–Crippen MR) is 112 cm³/mol. The van der Waals surface area contributed by atoms with Crippen LogP contribution in [0.25, 0.3) is 39.6 Å². The van der Waals surface area contributed by atoms with Crippen LogP contribution >= 0.6 is 11.6 Å². The zero-order valence-electron chi connectivity index (χ0n) is 16.8. The first-order valence-corrected chi connectivity index (χ1v) is 10.0. The van der Waals surface area contributed by atoms with E-state index in [1.54, 1.807) is 0 Å². The van der Waals surface area contributed by atoms with Gasteiger partial charge in [-0.15, -0.1) is 0 Å². The minimum absolute atomic E-state index is 0.0286. The number of hydrogen-bond acceptors (Lipinski definition) is 4. The molecular weight excluding hydrogens is 481 g/mol. The molecule has 0 atom stereocenters. The minimum Gasteiger partial charge on any atom is -0.464 e. The summed E-state index contributed by atoms with van der Waals surface area (Å²) in [6.07, 6.45) is -2.73. The Bertz CT molecular complexity index is 1470. The van der Waals surface area contributed by atoms with Gasteiger partial charge in [0.1, 0.15) is 23.1 Å². The Morgan fingerprint density at radius 2 is 1.74 bits per heavy atom. The molecule has 5 rings (SSSR count). The van der Waals surface area contributed by atoms with Gasteiger partial charge in [-0.2, -0.15) is 18.3 Å². The molecule has 0 aliphatic heterocycles. The van der Waals surface area contributed by atoms with E-state index in [-0.39, 0.29) is 39.1 Å². The second-order valence-electron chi connectivity index (χ2n) is 7.11. The molecule has 0 amide bonds.